The van der Waals surface area contributed by atoms with Gasteiger partial charge in [-0.05, 0) is 31.2 Å². The summed E-state index contributed by atoms with van der Waals surface area (Å²) in [4.78, 5) is 11.8. The highest BCUT2D eigenvalue weighted by Gasteiger charge is 2.05. The monoisotopic (exact) mass is 252 g/mol. The zero-order chi connectivity index (χ0) is 12.5. The SMILES string of the molecule is CCCCc1ccc(C(=O)CCCCCl)cc1. The number of ketones is 1. The number of carbonyl (C=O) groups is 1. The molecule has 1 aromatic carbocycles. The molecule has 0 aromatic heterocycles. The smallest absolute Gasteiger partial charge is 0.162 e. The summed E-state index contributed by atoms with van der Waals surface area (Å²) in [5.41, 5.74) is 2.16. The Bertz CT molecular complexity index is 329. The third-order valence-corrected chi connectivity index (χ3v) is 3.15. The molecule has 1 nitrogen and oxygen atoms in total. The van der Waals surface area contributed by atoms with Gasteiger partial charge in [0.25, 0.3) is 0 Å². The minimum absolute atomic E-state index is 0.233. The fourth-order valence-corrected chi connectivity index (χ4v) is 1.95. The van der Waals surface area contributed by atoms with Crippen LogP contribution in [0.25, 0.3) is 0 Å². The Hall–Kier alpha value is -0.820. The van der Waals surface area contributed by atoms with Crippen LogP contribution in [0.4, 0.5) is 0 Å². The van der Waals surface area contributed by atoms with Crippen LogP contribution in [0.3, 0.4) is 0 Å². The largest absolute Gasteiger partial charge is 0.294 e. The van der Waals surface area contributed by atoms with Crippen molar-refractivity contribution in [3.8, 4) is 0 Å². The zero-order valence-corrected chi connectivity index (χ0v) is 11.3. The van der Waals surface area contributed by atoms with E-state index in [-0.39, 0.29) is 5.78 Å². The average Bonchev–Trinajstić information content (AvgIpc) is 2.37. The third kappa shape index (κ3) is 5.36. The highest BCUT2D eigenvalue weighted by molar-refractivity contribution is 6.17. The number of carbonyl (C=O) groups excluding carboxylic acids is 1. The topological polar surface area (TPSA) is 17.1 Å². The van der Waals surface area contributed by atoms with Crippen molar-refractivity contribution < 1.29 is 4.79 Å². The van der Waals surface area contributed by atoms with E-state index in [1.54, 1.807) is 0 Å². The molecule has 0 bridgehead atoms. The molecule has 0 atom stereocenters. The molecule has 94 valence electrons. The summed E-state index contributed by atoms with van der Waals surface area (Å²) < 4.78 is 0. The summed E-state index contributed by atoms with van der Waals surface area (Å²) in [5, 5.41) is 0. The van der Waals surface area contributed by atoms with Crippen LogP contribution < -0.4 is 0 Å². The maximum Gasteiger partial charge on any atom is 0.162 e. The van der Waals surface area contributed by atoms with Gasteiger partial charge >= 0.3 is 0 Å². The summed E-state index contributed by atoms with van der Waals surface area (Å²) in [5.74, 6) is 0.876. The van der Waals surface area contributed by atoms with Gasteiger partial charge in [-0.2, -0.15) is 0 Å². The summed E-state index contributed by atoms with van der Waals surface area (Å²) >= 11 is 5.59. The number of hydrogen-bond donors (Lipinski definition) is 0. The van der Waals surface area contributed by atoms with Gasteiger partial charge in [-0.1, -0.05) is 37.6 Å². The molecule has 0 aliphatic rings. The maximum atomic E-state index is 11.8. The van der Waals surface area contributed by atoms with Gasteiger partial charge < -0.3 is 0 Å². The summed E-state index contributed by atoms with van der Waals surface area (Å²) in [6, 6.07) is 8.05. The van der Waals surface area contributed by atoms with Crippen LogP contribution in [0.15, 0.2) is 24.3 Å². The van der Waals surface area contributed by atoms with E-state index < -0.39 is 0 Å². The third-order valence-electron chi connectivity index (χ3n) is 2.88. The molecule has 0 spiro atoms. The van der Waals surface area contributed by atoms with Crippen molar-refractivity contribution in [2.24, 2.45) is 0 Å². The van der Waals surface area contributed by atoms with E-state index in [4.69, 9.17) is 11.6 Å². The van der Waals surface area contributed by atoms with Gasteiger partial charge in [0.05, 0.1) is 0 Å². The van der Waals surface area contributed by atoms with Crippen LogP contribution >= 0.6 is 11.6 Å². The molecule has 0 fully saturated rings. The molecule has 0 amide bonds. The van der Waals surface area contributed by atoms with E-state index in [2.05, 4.69) is 19.1 Å². The minimum atomic E-state index is 0.233. The van der Waals surface area contributed by atoms with Gasteiger partial charge in [0.1, 0.15) is 0 Å². The number of unbranched alkanes of at least 4 members (excludes halogenated alkanes) is 2. The molecule has 0 radical (unpaired) electrons. The standard InChI is InChI=1S/C15H21ClO/c1-2-3-6-13-8-10-14(11-9-13)15(17)7-4-5-12-16/h8-11H,2-7,12H2,1H3. The predicted molar refractivity (Wildman–Crippen MR) is 74.0 cm³/mol. The average molecular weight is 253 g/mol. The number of aryl methyl sites for hydroxylation is 1. The van der Waals surface area contributed by atoms with Gasteiger partial charge in [-0.3, -0.25) is 4.79 Å². The van der Waals surface area contributed by atoms with Crippen LogP contribution in [0, 0.1) is 0 Å². The summed E-state index contributed by atoms with van der Waals surface area (Å²) in [6.07, 6.45) is 5.95. The number of alkyl halides is 1. The molecule has 0 aliphatic carbocycles. The second-order valence-corrected chi connectivity index (χ2v) is 4.75. The van der Waals surface area contributed by atoms with E-state index in [1.807, 2.05) is 12.1 Å². The molecular formula is C15H21ClO. The summed E-state index contributed by atoms with van der Waals surface area (Å²) in [6.45, 7) is 2.19. The first-order valence-corrected chi connectivity index (χ1v) is 6.99. The van der Waals surface area contributed by atoms with Crippen LogP contribution in [0.5, 0.6) is 0 Å². The molecule has 0 saturated carbocycles. The van der Waals surface area contributed by atoms with Crippen molar-refractivity contribution >= 4 is 17.4 Å². The molecule has 0 heterocycles. The van der Waals surface area contributed by atoms with E-state index >= 15 is 0 Å². The molecule has 0 unspecified atom stereocenters. The Morgan fingerprint density at radius 1 is 1.12 bits per heavy atom. The second kappa shape index (κ2) is 8.30. The predicted octanol–water partition coefficient (Wildman–Crippen LogP) is 4.62. The van der Waals surface area contributed by atoms with Gasteiger partial charge in [0.2, 0.25) is 0 Å². The minimum Gasteiger partial charge on any atom is -0.294 e. The quantitative estimate of drug-likeness (QED) is 0.375. The normalized spacial score (nSPS) is 10.5. The molecule has 1 rings (SSSR count). The fourth-order valence-electron chi connectivity index (χ4n) is 1.76. The Morgan fingerprint density at radius 2 is 1.82 bits per heavy atom. The molecule has 2 heteroatoms. The van der Waals surface area contributed by atoms with Crippen LogP contribution in [-0.4, -0.2) is 11.7 Å². The molecule has 0 aliphatic heterocycles. The van der Waals surface area contributed by atoms with Gasteiger partial charge in [-0.25, -0.2) is 0 Å². The van der Waals surface area contributed by atoms with E-state index in [9.17, 15) is 4.79 Å². The van der Waals surface area contributed by atoms with Crippen molar-refractivity contribution in [2.75, 3.05) is 5.88 Å². The number of rotatable bonds is 8. The lowest BCUT2D eigenvalue weighted by molar-refractivity contribution is 0.0980. The van der Waals surface area contributed by atoms with Crippen LogP contribution in [0.2, 0.25) is 0 Å². The number of halogens is 1. The van der Waals surface area contributed by atoms with Gasteiger partial charge in [0, 0.05) is 17.9 Å². The van der Waals surface area contributed by atoms with Gasteiger partial charge in [-0.15, -0.1) is 11.6 Å². The number of benzene rings is 1. The van der Waals surface area contributed by atoms with Crippen molar-refractivity contribution in [1.29, 1.82) is 0 Å². The van der Waals surface area contributed by atoms with Crippen LogP contribution in [0.1, 0.15) is 54.9 Å². The van der Waals surface area contributed by atoms with Crippen molar-refractivity contribution in [3.05, 3.63) is 35.4 Å². The first kappa shape index (κ1) is 14.2. The molecule has 17 heavy (non-hydrogen) atoms. The van der Waals surface area contributed by atoms with E-state index in [1.165, 1.54) is 18.4 Å². The lowest BCUT2D eigenvalue weighted by atomic mass is 10.0. The van der Waals surface area contributed by atoms with Crippen LogP contribution in [-0.2, 0) is 6.42 Å². The Labute approximate surface area is 109 Å². The highest BCUT2D eigenvalue weighted by Crippen LogP contribution is 2.11. The number of Topliss-reactive ketones (excluding diaryl/α,β-unsaturated/α-hetero) is 1. The molecule has 1 aromatic rings. The number of hydrogen-bond acceptors (Lipinski definition) is 1. The van der Waals surface area contributed by atoms with E-state index in [0.29, 0.717) is 12.3 Å². The van der Waals surface area contributed by atoms with Crippen molar-refractivity contribution in [1.82, 2.24) is 0 Å². The fraction of sp³-hybridized carbons (Fsp3) is 0.533. The van der Waals surface area contributed by atoms with Crippen molar-refractivity contribution in [3.63, 3.8) is 0 Å². The highest BCUT2D eigenvalue weighted by atomic mass is 35.5. The lowest BCUT2D eigenvalue weighted by Gasteiger charge is -2.03. The zero-order valence-electron chi connectivity index (χ0n) is 10.5. The first-order chi connectivity index (χ1) is 8.27. The first-order valence-electron chi connectivity index (χ1n) is 6.46. The lowest BCUT2D eigenvalue weighted by Crippen LogP contribution is -1.99. The molecule has 0 saturated heterocycles. The summed E-state index contributed by atoms with van der Waals surface area (Å²) in [7, 11) is 0. The van der Waals surface area contributed by atoms with Crippen molar-refractivity contribution in [2.45, 2.75) is 45.4 Å². The maximum absolute atomic E-state index is 11.8. The van der Waals surface area contributed by atoms with E-state index in [0.717, 1.165) is 24.8 Å². The molecular weight excluding hydrogens is 232 g/mol. The Morgan fingerprint density at radius 3 is 2.41 bits per heavy atom. The second-order valence-electron chi connectivity index (χ2n) is 4.37. The van der Waals surface area contributed by atoms with Gasteiger partial charge in [0.15, 0.2) is 5.78 Å². The Balaban J connectivity index is 2.46. The molecule has 0 N–H and O–H groups in total. The Kier molecular flexibility index (Phi) is 6.95.